The molecule has 0 saturated carbocycles. The molecule has 0 spiro atoms. The van der Waals surface area contributed by atoms with E-state index < -0.39 is 4.92 Å². The van der Waals surface area contributed by atoms with Gasteiger partial charge in [0.1, 0.15) is 10.6 Å². The molecule has 0 atom stereocenters. The predicted octanol–water partition coefficient (Wildman–Crippen LogP) is 2.71. The number of nitro groups is 1. The third-order valence-electron chi connectivity index (χ3n) is 4.12. The number of ether oxygens (including phenoxy) is 1. The van der Waals surface area contributed by atoms with Gasteiger partial charge in [0.2, 0.25) is 0 Å². The van der Waals surface area contributed by atoms with Crippen molar-refractivity contribution in [1.29, 1.82) is 0 Å². The highest BCUT2D eigenvalue weighted by Crippen LogP contribution is 2.28. The van der Waals surface area contributed by atoms with Crippen molar-refractivity contribution in [2.75, 3.05) is 26.3 Å². The van der Waals surface area contributed by atoms with Crippen LogP contribution in [0.25, 0.3) is 17.1 Å². The Morgan fingerprint density at radius 1 is 1.15 bits per heavy atom. The van der Waals surface area contributed by atoms with Crippen LogP contribution in [0.2, 0.25) is 0 Å². The van der Waals surface area contributed by atoms with E-state index in [0.717, 1.165) is 5.69 Å². The first-order valence-corrected chi connectivity index (χ1v) is 8.47. The summed E-state index contributed by atoms with van der Waals surface area (Å²) in [6, 6.07) is 12.5. The maximum absolute atomic E-state index is 10.9. The van der Waals surface area contributed by atoms with Gasteiger partial charge in [-0.3, -0.25) is 15.1 Å². The van der Waals surface area contributed by atoms with E-state index in [-0.39, 0.29) is 5.88 Å². The molecule has 27 heavy (non-hydrogen) atoms. The summed E-state index contributed by atoms with van der Waals surface area (Å²) in [7, 11) is 0. The maximum Gasteiger partial charge on any atom is 0.433 e. The van der Waals surface area contributed by atoms with Crippen LogP contribution in [0.5, 0.6) is 0 Å². The number of nitrogens with zero attached hydrogens (tertiary/aromatic N) is 5. The lowest BCUT2D eigenvalue weighted by molar-refractivity contribution is -0.401. The quantitative estimate of drug-likeness (QED) is 0.391. The fourth-order valence-electron chi connectivity index (χ4n) is 2.75. The van der Waals surface area contributed by atoms with Crippen LogP contribution in [0.4, 0.5) is 5.88 Å². The van der Waals surface area contributed by atoms with Crippen molar-refractivity contribution in [3.63, 3.8) is 0 Å². The molecule has 3 heterocycles. The molecule has 1 saturated heterocycles. The fraction of sp³-hybridized carbons (Fsp3) is 0.222. The molecule has 9 heteroatoms. The van der Waals surface area contributed by atoms with E-state index in [1.807, 2.05) is 41.5 Å². The summed E-state index contributed by atoms with van der Waals surface area (Å²) in [5, 5.41) is 21.9. The van der Waals surface area contributed by atoms with E-state index in [2.05, 4.69) is 10.2 Å². The Kier molecular flexibility index (Phi) is 4.67. The van der Waals surface area contributed by atoms with Crippen molar-refractivity contribution < 1.29 is 14.1 Å². The number of furan rings is 1. The first-order valence-electron chi connectivity index (χ1n) is 8.47. The number of para-hydroxylation sites is 1. The molecule has 0 aliphatic carbocycles. The standard InChI is InChI=1S/C18H17N5O4/c24-23(25)17-7-6-16(27-17)18-14(12-19-21-8-10-26-11-9-21)13-22(20-18)15-4-2-1-3-5-15/h1-7,12-13H,8-11H2/b19-12+. The van der Waals surface area contributed by atoms with E-state index in [4.69, 9.17) is 9.15 Å². The van der Waals surface area contributed by atoms with Gasteiger partial charge < -0.3 is 9.15 Å². The van der Waals surface area contributed by atoms with Gasteiger partial charge >= 0.3 is 5.88 Å². The molecule has 1 aromatic carbocycles. The van der Waals surface area contributed by atoms with Crippen LogP contribution in [-0.4, -0.2) is 52.2 Å². The van der Waals surface area contributed by atoms with E-state index in [9.17, 15) is 10.1 Å². The highest BCUT2D eigenvalue weighted by atomic mass is 16.6. The molecule has 4 rings (SSSR count). The summed E-state index contributed by atoms with van der Waals surface area (Å²) in [4.78, 5) is 10.4. The average Bonchev–Trinajstić information content (AvgIpc) is 3.35. The fourth-order valence-corrected chi connectivity index (χ4v) is 2.75. The molecule has 138 valence electrons. The van der Waals surface area contributed by atoms with E-state index >= 15 is 0 Å². The second-order valence-corrected chi connectivity index (χ2v) is 5.92. The Hall–Kier alpha value is -3.46. The summed E-state index contributed by atoms with van der Waals surface area (Å²) in [6.07, 6.45) is 3.52. The smallest absolute Gasteiger partial charge is 0.399 e. The molecule has 0 bridgehead atoms. The SMILES string of the molecule is O=[N+]([O-])c1ccc(-c2nn(-c3ccccc3)cc2/C=N/N2CCOCC2)o1. The molecule has 3 aromatic rings. The summed E-state index contributed by atoms with van der Waals surface area (Å²) in [6.45, 7) is 2.70. The zero-order chi connectivity index (χ0) is 18.6. The lowest BCUT2D eigenvalue weighted by atomic mass is 10.2. The first kappa shape index (κ1) is 17.0. The minimum absolute atomic E-state index is 0.319. The highest BCUT2D eigenvalue weighted by Gasteiger charge is 2.19. The summed E-state index contributed by atoms with van der Waals surface area (Å²) < 4.78 is 12.4. The molecule has 0 unspecified atom stereocenters. The second kappa shape index (κ2) is 7.42. The number of hydrogen-bond acceptors (Lipinski definition) is 7. The number of benzene rings is 1. The summed E-state index contributed by atoms with van der Waals surface area (Å²) in [5.74, 6) is -0.00450. The van der Waals surface area contributed by atoms with Crippen molar-refractivity contribution in [2.45, 2.75) is 0 Å². The van der Waals surface area contributed by atoms with Gasteiger partial charge in [0.15, 0.2) is 5.76 Å². The molecule has 2 aromatic heterocycles. The van der Waals surface area contributed by atoms with Crippen LogP contribution in [0.3, 0.4) is 0 Å². The maximum atomic E-state index is 10.9. The second-order valence-electron chi connectivity index (χ2n) is 5.92. The minimum atomic E-state index is -0.570. The highest BCUT2D eigenvalue weighted by molar-refractivity contribution is 5.87. The number of hydrogen-bond donors (Lipinski definition) is 0. The molecular weight excluding hydrogens is 350 g/mol. The summed E-state index contributed by atoms with van der Waals surface area (Å²) >= 11 is 0. The zero-order valence-corrected chi connectivity index (χ0v) is 14.4. The Balaban J connectivity index is 1.71. The predicted molar refractivity (Wildman–Crippen MR) is 97.9 cm³/mol. The minimum Gasteiger partial charge on any atom is -0.399 e. The number of morpholine rings is 1. The monoisotopic (exact) mass is 367 g/mol. The lowest BCUT2D eigenvalue weighted by Crippen LogP contribution is -2.32. The number of rotatable bonds is 5. The van der Waals surface area contributed by atoms with Crippen molar-refractivity contribution in [1.82, 2.24) is 14.8 Å². The zero-order valence-electron chi connectivity index (χ0n) is 14.4. The van der Waals surface area contributed by atoms with Crippen LogP contribution >= 0.6 is 0 Å². The van der Waals surface area contributed by atoms with Gasteiger partial charge in [-0.15, -0.1) is 0 Å². The molecular formula is C18H17N5O4. The van der Waals surface area contributed by atoms with Crippen LogP contribution in [-0.2, 0) is 4.74 Å². The Morgan fingerprint density at radius 2 is 1.93 bits per heavy atom. The number of hydrazone groups is 1. The number of aromatic nitrogens is 2. The average molecular weight is 367 g/mol. The molecule has 1 aliphatic heterocycles. The van der Waals surface area contributed by atoms with E-state index in [1.54, 1.807) is 17.0 Å². The van der Waals surface area contributed by atoms with Gasteiger partial charge in [0, 0.05) is 11.8 Å². The molecule has 0 N–H and O–H groups in total. The van der Waals surface area contributed by atoms with Crippen molar-refractivity contribution in [3.05, 3.63) is 64.3 Å². The lowest BCUT2D eigenvalue weighted by Gasteiger charge is -2.23. The molecule has 1 aliphatic rings. The van der Waals surface area contributed by atoms with Gasteiger partial charge in [0.25, 0.3) is 0 Å². The first-order chi connectivity index (χ1) is 13.2. The summed E-state index contributed by atoms with van der Waals surface area (Å²) in [5.41, 5.74) is 2.06. The van der Waals surface area contributed by atoms with E-state index in [0.29, 0.717) is 43.3 Å². The Morgan fingerprint density at radius 3 is 2.63 bits per heavy atom. The van der Waals surface area contributed by atoms with Crippen molar-refractivity contribution in [2.24, 2.45) is 5.10 Å². The third kappa shape index (κ3) is 3.72. The van der Waals surface area contributed by atoms with Crippen LogP contribution < -0.4 is 0 Å². The van der Waals surface area contributed by atoms with Gasteiger partial charge in [-0.05, 0) is 18.2 Å². The van der Waals surface area contributed by atoms with E-state index in [1.165, 1.54) is 6.07 Å². The Labute approximate surface area is 154 Å². The van der Waals surface area contributed by atoms with Gasteiger partial charge in [0.05, 0.1) is 44.3 Å². The van der Waals surface area contributed by atoms with Gasteiger partial charge in [-0.2, -0.15) is 10.2 Å². The normalized spacial score (nSPS) is 14.7. The molecule has 0 amide bonds. The molecule has 9 nitrogen and oxygen atoms in total. The van der Waals surface area contributed by atoms with Crippen LogP contribution in [0.1, 0.15) is 5.56 Å². The van der Waals surface area contributed by atoms with Crippen LogP contribution in [0.15, 0.2) is 58.2 Å². The Bertz CT molecular complexity index is 957. The van der Waals surface area contributed by atoms with Gasteiger partial charge in [-0.25, -0.2) is 4.68 Å². The molecule has 1 fully saturated rings. The van der Waals surface area contributed by atoms with Gasteiger partial charge in [-0.1, -0.05) is 18.2 Å². The van der Waals surface area contributed by atoms with Crippen molar-refractivity contribution >= 4 is 12.1 Å². The topological polar surface area (TPSA) is 98.9 Å². The third-order valence-corrected chi connectivity index (χ3v) is 4.12. The van der Waals surface area contributed by atoms with Crippen LogP contribution in [0, 0.1) is 10.1 Å². The van der Waals surface area contributed by atoms with Crippen molar-refractivity contribution in [3.8, 4) is 17.1 Å². The largest absolute Gasteiger partial charge is 0.433 e. The molecule has 0 radical (unpaired) electrons.